The molecule has 0 aliphatic rings. The van der Waals surface area contributed by atoms with E-state index in [2.05, 4.69) is 53.1 Å². The highest BCUT2D eigenvalue weighted by molar-refractivity contribution is 9.11. The molecule has 3 N–H and O–H groups in total. The second-order valence-electron chi connectivity index (χ2n) is 3.94. The number of carbonyl (C=O) groups excluding carboxylic acids is 1. The number of nitrogens with one attached hydrogen (secondary N) is 1. The number of amides is 1. The number of benzene rings is 2. The average Bonchev–Trinajstić information content (AvgIpc) is 2.33. The largest absolute Gasteiger partial charge is 0.399 e. The molecule has 2 aromatic carbocycles. The van der Waals surface area contributed by atoms with Crippen LogP contribution in [-0.4, -0.2) is 5.91 Å². The number of carbonyl (C=O) groups is 1. The van der Waals surface area contributed by atoms with Crippen molar-refractivity contribution in [1.29, 1.82) is 0 Å². The number of hydrogen-bond donors (Lipinski definition) is 2. The van der Waals surface area contributed by atoms with Gasteiger partial charge in [-0.25, -0.2) is 4.39 Å². The van der Waals surface area contributed by atoms with E-state index < -0.39 is 11.7 Å². The third-order valence-corrected chi connectivity index (χ3v) is 4.22. The van der Waals surface area contributed by atoms with E-state index in [9.17, 15) is 9.18 Å². The first-order chi connectivity index (χ1) is 9.38. The molecule has 2 aromatic rings. The van der Waals surface area contributed by atoms with Crippen molar-refractivity contribution in [2.45, 2.75) is 0 Å². The standard InChI is InChI=1S/C13H8Br3FN2O/c14-6-1-2-8(11(17)3-6)13(20)19-12-9(15)4-7(18)5-10(12)16/h1-5H,18H2,(H,19,20). The van der Waals surface area contributed by atoms with Crippen LogP contribution in [0.5, 0.6) is 0 Å². The van der Waals surface area contributed by atoms with Gasteiger partial charge in [-0.1, -0.05) is 15.9 Å². The first-order valence-electron chi connectivity index (χ1n) is 5.39. The van der Waals surface area contributed by atoms with Gasteiger partial charge in [-0.05, 0) is 62.2 Å². The molecular weight excluding hydrogens is 459 g/mol. The van der Waals surface area contributed by atoms with Gasteiger partial charge in [0, 0.05) is 19.1 Å². The lowest BCUT2D eigenvalue weighted by molar-refractivity contribution is 0.102. The molecule has 0 atom stereocenters. The Hall–Kier alpha value is -0.920. The van der Waals surface area contributed by atoms with Gasteiger partial charge in [-0.3, -0.25) is 4.79 Å². The Bertz CT molecular complexity index is 668. The van der Waals surface area contributed by atoms with Crippen LogP contribution in [0, 0.1) is 5.82 Å². The van der Waals surface area contributed by atoms with Crippen molar-refractivity contribution in [1.82, 2.24) is 0 Å². The van der Waals surface area contributed by atoms with Gasteiger partial charge in [-0.15, -0.1) is 0 Å². The second-order valence-corrected chi connectivity index (χ2v) is 6.56. The zero-order valence-corrected chi connectivity index (χ0v) is 14.6. The number of halogens is 4. The average molecular weight is 467 g/mol. The van der Waals surface area contributed by atoms with Crippen LogP contribution >= 0.6 is 47.8 Å². The van der Waals surface area contributed by atoms with Gasteiger partial charge in [0.2, 0.25) is 0 Å². The molecule has 2 rings (SSSR count). The highest BCUT2D eigenvalue weighted by Crippen LogP contribution is 2.33. The molecule has 0 heterocycles. The molecule has 0 radical (unpaired) electrons. The highest BCUT2D eigenvalue weighted by Gasteiger charge is 2.15. The van der Waals surface area contributed by atoms with Crippen LogP contribution in [0.1, 0.15) is 10.4 Å². The Balaban J connectivity index is 2.33. The van der Waals surface area contributed by atoms with Crippen molar-refractivity contribution in [3.63, 3.8) is 0 Å². The Labute approximate surface area is 140 Å². The summed E-state index contributed by atoms with van der Waals surface area (Å²) in [5.74, 6) is -1.14. The highest BCUT2D eigenvalue weighted by atomic mass is 79.9. The first-order valence-corrected chi connectivity index (χ1v) is 7.77. The molecule has 0 aromatic heterocycles. The molecule has 0 fully saturated rings. The fourth-order valence-electron chi connectivity index (χ4n) is 1.57. The van der Waals surface area contributed by atoms with Crippen molar-refractivity contribution in [2.75, 3.05) is 11.1 Å². The summed E-state index contributed by atoms with van der Waals surface area (Å²) in [6, 6.07) is 7.55. The molecule has 0 saturated heterocycles. The number of hydrogen-bond acceptors (Lipinski definition) is 2. The van der Waals surface area contributed by atoms with Crippen LogP contribution in [0.4, 0.5) is 15.8 Å². The quantitative estimate of drug-likeness (QED) is 0.615. The molecule has 104 valence electrons. The zero-order chi connectivity index (χ0) is 14.9. The van der Waals surface area contributed by atoms with Gasteiger partial charge in [0.15, 0.2) is 0 Å². The number of anilines is 2. The molecule has 0 spiro atoms. The predicted octanol–water partition coefficient (Wildman–Crippen LogP) is 4.95. The normalized spacial score (nSPS) is 10.4. The number of nitrogens with two attached hydrogens (primary N) is 1. The molecule has 1 amide bonds. The summed E-state index contributed by atoms with van der Waals surface area (Å²) in [6.45, 7) is 0. The smallest absolute Gasteiger partial charge is 0.258 e. The van der Waals surface area contributed by atoms with E-state index in [0.29, 0.717) is 24.8 Å². The summed E-state index contributed by atoms with van der Waals surface area (Å²) in [4.78, 5) is 12.1. The second kappa shape index (κ2) is 6.24. The Morgan fingerprint density at radius 1 is 1.10 bits per heavy atom. The van der Waals surface area contributed by atoms with Gasteiger partial charge in [0.05, 0.1) is 11.3 Å². The minimum Gasteiger partial charge on any atom is -0.399 e. The van der Waals surface area contributed by atoms with E-state index in [1.54, 1.807) is 18.2 Å². The lowest BCUT2D eigenvalue weighted by Crippen LogP contribution is -2.14. The van der Waals surface area contributed by atoms with Gasteiger partial charge in [0.1, 0.15) is 5.82 Å². The summed E-state index contributed by atoms with van der Waals surface area (Å²) in [5.41, 5.74) is 6.67. The van der Waals surface area contributed by atoms with Crippen molar-refractivity contribution >= 4 is 65.1 Å². The number of rotatable bonds is 2. The van der Waals surface area contributed by atoms with Gasteiger partial charge < -0.3 is 11.1 Å². The Morgan fingerprint density at radius 3 is 2.25 bits per heavy atom. The van der Waals surface area contributed by atoms with Crippen molar-refractivity contribution in [2.24, 2.45) is 0 Å². The summed E-state index contributed by atoms with van der Waals surface area (Å²) in [7, 11) is 0. The maximum Gasteiger partial charge on any atom is 0.258 e. The molecule has 3 nitrogen and oxygen atoms in total. The summed E-state index contributed by atoms with van der Waals surface area (Å²) in [6.07, 6.45) is 0. The summed E-state index contributed by atoms with van der Waals surface area (Å²) >= 11 is 9.75. The molecule has 0 bridgehead atoms. The van der Waals surface area contributed by atoms with E-state index in [1.165, 1.54) is 12.1 Å². The van der Waals surface area contributed by atoms with Gasteiger partial charge in [0.25, 0.3) is 5.91 Å². The third kappa shape index (κ3) is 3.39. The molecule has 20 heavy (non-hydrogen) atoms. The maximum atomic E-state index is 13.7. The van der Waals surface area contributed by atoms with Crippen molar-refractivity contribution in [3.05, 3.63) is 55.1 Å². The van der Waals surface area contributed by atoms with Crippen LogP contribution in [0.25, 0.3) is 0 Å². The predicted molar refractivity (Wildman–Crippen MR) is 88.3 cm³/mol. The van der Waals surface area contributed by atoms with Crippen LogP contribution < -0.4 is 11.1 Å². The van der Waals surface area contributed by atoms with Crippen LogP contribution in [0.3, 0.4) is 0 Å². The molecule has 7 heteroatoms. The fourth-order valence-corrected chi connectivity index (χ4v) is 3.32. The van der Waals surface area contributed by atoms with Crippen molar-refractivity contribution in [3.8, 4) is 0 Å². The van der Waals surface area contributed by atoms with Gasteiger partial charge in [-0.2, -0.15) is 0 Å². The zero-order valence-electron chi connectivity index (χ0n) is 9.88. The minimum absolute atomic E-state index is 0.0381. The minimum atomic E-state index is -0.598. The lowest BCUT2D eigenvalue weighted by atomic mass is 10.2. The fraction of sp³-hybridized carbons (Fsp3) is 0. The van der Waals surface area contributed by atoms with Gasteiger partial charge >= 0.3 is 0 Å². The molecule has 0 saturated carbocycles. The monoisotopic (exact) mass is 464 g/mol. The molecule has 0 unspecified atom stereocenters. The van der Waals surface area contributed by atoms with E-state index in [-0.39, 0.29) is 5.56 Å². The van der Waals surface area contributed by atoms with Crippen LogP contribution in [0.2, 0.25) is 0 Å². The van der Waals surface area contributed by atoms with E-state index in [1.807, 2.05) is 0 Å². The SMILES string of the molecule is Nc1cc(Br)c(NC(=O)c2ccc(Br)cc2F)c(Br)c1. The molecule has 0 aliphatic heterocycles. The summed E-state index contributed by atoms with van der Waals surface area (Å²) < 4.78 is 15.5. The Morgan fingerprint density at radius 2 is 1.70 bits per heavy atom. The van der Waals surface area contributed by atoms with Crippen LogP contribution in [-0.2, 0) is 0 Å². The Kier molecular flexibility index (Phi) is 4.82. The molecule has 0 aliphatic carbocycles. The van der Waals surface area contributed by atoms with Crippen LogP contribution in [0.15, 0.2) is 43.7 Å². The molecular formula is C13H8Br3FN2O. The third-order valence-electron chi connectivity index (χ3n) is 2.48. The topological polar surface area (TPSA) is 55.1 Å². The summed E-state index contributed by atoms with van der Waals surface area (Å²) in [5, 5.41) is 2.64. The first kappa shape index (κ1) is 15.5. The van der Waals surface area contributed by atoms with E-state index in [4.69, 9.17) is 5.73 Å². The van der Waals surface area contributed by atoms with E-state index in [0.717, 1.165) is 0 Å². The number of nitrogen functional groups attached to an aromatic ring is 1. The van der Waals surface area contributed by atoms with E-state index >= 15 is 0 Å². The maximum absolute atomic E-state index is 13.7. The lowest BCUT2D eigenvalue weighted by Gasteiger charge is -2.11. The van der Waals surface area contributed by atoms with Crippen molar-refractivity contribution < 1.29 is 9.18 Å².